The molecule has 0 bridgehead atoms. The summed E-state index contributed by atoms with van der Waals surface area (Å²) in [6.45, 7) is 1.73. The van der Waals surface area contributed by atoms with Gasteiger partial charge in [0.15, 0.2) is 0 Å². The van der Waals surface area contributed by atoms with Crippen molar-refractivity contribution < 1.29 is 9.00 Å². The molecule has 1 aliphatic rings. The van der Waals surface area contributed by atoms with E-state index in [-0.39, 0.29) is 5.91 Å². The van der Waals surface area contributed by atoms with Gasteiger partial charge < -0.3 is 11.1 Å². The van der Waals surface area contributed by atoms with Crippen LogP contribution in [0.2, 0.25) is 0 Å². The summed E-state index contributed by atoms with van der Waals surface area (Å²) in [5.41, 5.74) is 6.92. The quantitative estimate of drug-likeness (QED) is 0.820. The fourth-order valence-corrected chi connectivity index (χ4v) is 3.92. The molecule has 2 rings (SSSR count). The summed E-state index contributed by atoms with van der Waals surface area (Å²) in [4.78, 5) is 12.1. The molecule has 2 atom stereocenters. The third kappa shape index (κ3) is 4.07. The molecule has 1 amide bonds. The molecule has 4 nitrogen and oxygen atoms in total. The minimum absolute atomic E-state index is 0.202. The second-order valence-electron chi connectivity index (χ2n) is 5.45. The van der Waals surface area contributed by atoms with E-state index >= 15 is 0 Å². The Labute approximate surface area is 122 Å². The van der Waals surface area contributed by atoms with Gasteiger partial charge >= 0.3 is 0 Å². The van der Waals surface area contributed by atoms with Crippen molar-refractivity contribution in [3.8, 4) is 0 Å². The molecule has 0 radical (unpaired) electrons. The van der Waals surface area contributed by atoms with Gasteiger partial charge in [-0.15, -0.1) is 0 Å². The molecule has 1 aromatic rings. The van der Waals surface area contributed by atoms with E-state index in [9.17, 15) is 9.00 Å². The van der Waals surface area contributed by atoms with Crippen LogP contribution in [0.1, 0.15) is 32.6 Å². The van der Waals surface area contributed by atoms with E-state index in [4.69, 9.17) is 5.73 Å². The number of nitrogens with one attached hydrogen (secondary N) is 1. The average Bonchev–Trinajstić information content (AvgIpc) is 2.90. The van der Waals surface area contributed by atoms with Crippen LogP contribution in [-0.2, 0) is 15.6 Å². The lowest BCUT2D eigenvalue weighted by molar-refractivity contribution is -0.115. The van der Waals surface area contributed by atoms with Crippen LogP contribution in [-0.4, -0.2) is 21.1 Å². The van der Waals surface area contributed by atoms with Crippen molar-refractivity contribution in [3.63, 3.8) is 0 Å². The number of nitrogens with two attached hydrogens (primary N) is 1. The molecule has 0 saturated heterocycles. The van der Waals surface area contributed by atoms with E-state index < -0.39 is 16.0 Å². The maximum atomic E-state index is 12.2. The zero-order chi connectivity index (χ0) is 14.5. The summed E-state index contributed by atoms with van der Waals surface area (Å²) < 4.78 is 12.2. The van der Waals surface area contributed by atoms with Crippen molar-refractivity contribution in [3.05, 3.63) is 24.3 Å². The fourth-order valence-electron chi connectivity index (χ4n) is 2.53. The van der Waals surface area contributed by atoms with E-state index in [1.54, 1.807) is 31.2 Å². The van der Waals surface area contributed by atoms with Crippen LogP contribution in [0.3, 0.4) is 0 Å². The highest BCUT2D eigenvalue weighted by molar-refractivity contribution is 7.86. The number of hydrogen-bond acceptors (Lipinski definition) is 3. The molecule has 0 aliphatic heterocycles. The van der Waals surface area contributed by atoms with Gasteiger partial charge in [-0.3, -0.25) is 9.00 Å². The molecule has 1 saturated carbocycles. The molecular weight excluding hydrogens is 272 g/mol. The van der Waals surface area contributed by atoms with Gasteiger partial charge in [-0.1, -0.05) is 18.9 Å². The van der Waals surface area contributed by atoms with Crippen molar-refractivity contribution in [1.29, 1.82) is 0 Å². The number of carbonyl (C=O) groups is 1. The zero-order valence-electron chi connectivity index (χ0n) is 11.8. The summed E-state index contributed by atoms with van der Waals surface area (Å²) >= 11 is 0. The predicted octanol–water partition coefficient (Wildman–Crippen LogP) is 2.53. The maximum Gasteiger partial charge on any atom is 0.239 e. The first-order valence-corrected chi connectivity index (χ1v) is 8.48. The van der Waals surface area contributed by atoms with E-state index in [0.717, 1.165) is 12.8 Å². The second-order valence-corrected chi connectivity index (χ2v) is 7.26. The van der Waals surface area contributed by atoms with Gasteiger partial charge in [0.05, 0.1) is 0 Å². The first kappa shape index (κ1) is 15.0. The van der Waals surface area contributed by atoms with Gasteiger partial charge in [0, 0.05) is 27.9 Å². The van der Waals surface area contributed by atoms with E-state index in [1.165, 1.54) is 12.8 Å². The summed E-state index contributed by atoms with van der Waals surface area (Å²) in [6, 6.07) is 7.02. The van der Waals surface area contributed by atoms with Crippen LogP contribution >= 0.6 is 0 Å². The Balaban J connectivity index is 1.89. The Hall–Kier alpha value is -1.36. The number of carbonyl (C=O) groups excluding carboxylic acids is 1. The lowest BCUT2D eigenvalue weighted by Gasteiger charge is -2.15. The Morgan fingerprint density at radius 1 is 1.45 bits per heavy atom. The molecule has 1 aliphatic carbocycles. The number of nitrogen functional groups attached to an aromatic ring is 1. The SMILES string of the molecule is CC(C(=O)Nc1cccc(N)c1)S(=O)CC1CCCC1. The van der Waals surface area contributed by atoms with Crippen molar-refractivity contribution in [2.45, 2.75) is 37.9 Å². The Kier molecular flexibility index (Phi) is 5.17. The van der Waals surface area contributed by atoms with Crippen LogP contribution in [0.5, 0.6) is 0 Å². The highest BCUT2D eigenvalue weighted by Crippen LogP contribution is 2.26. The molecule has 0 aromatic heterocycles. The lowest BCUT2D eigenvalue weighted by Crippen LogP contribution is -2.31. The normalized spacial score (nSPS) is 18.6. The van der Waals surface area contributed by atoms with Crippen molar-refractivity contribution >= 4 is 28.1 Å². The molecule has 1 aromatic carbocycles. The van der Waals surface area contributed by atoms with Gasteiger partial charge in [0.2, 0.25) is 5.91 Å². The highest BCUT2D eigenvalue weighted by Gasteiger charge is 2.24. The molecule has 2 unspecified atom stereocenters. The Morgan fingerprint density at radius 2 is 2.15 bits per heavy atom. The van der Waals surface area contributed by atoms with Crippen LogP contribution < -0.4 is 11.1 Å². The van der Waals surface area contributed by atoms with E-state index in [2.05, 4.69) is 5.32 Å². The number of hydrogen-bond donors (Lipinski definition) is 2. The monoisotopic (exact) mass is 294 g/mol. The number of anilines is 2. The Bertz CT molecular complexity index is 498. The molecule has 110 valence electrons. The zero-order valence-corrected chi connectivity index (χ0v) is 12.6. The van der Waals surface area contributed by atoms with Gasteiger partial charge in [-0.2, -0.15) is 0 Å². The third-order valence-corrected chi connectivity index (χ3v) is 5.60. The summed E-state index contributed by atoms with van der Waals surface area (Å²) in [5.74, 6) is 0.969. The first-order chi connectivity index (χ1) is 9.56. The third-order valence-electron chi connectivity index (χ3n) is 3.79. The smallest absolute Gasteiger partial charge is 0.239 e. The van der Waals surface area contributed by atoms with Crippen molar-refractivity contribution in [2.75, 3.05) is 16.8 Å². The molecule has 20 heavy (non-hydrogen) atoms. The van der Waals surface area contributed by atoms with Gasteiger partial charge in [0.25, 0.3) is 0 Å². The minimum Gasteiger partial charge on any atom is -0.399 e. The standard InChI is InChI=1S/C15H22N2O2S/c1-11(20(19)10-12-5-2-3-6-12)15(18)17-14-8-4-7-13(16)9-14/h4,7-9,11-12H,2-3,5-6,10,16H2,1H3,(H,17,18). The number of amides is 1. The maximum absolute atomic E-state index is 12.2. The Morgan fingerprint density at radius 3 is 2.80 bits per heavy atom. The van der Waals surface area contributed by atoms with Crippen molar-refractivity contribution in [1.82, 2.24) is 0 Å². The second kappa shape index (κ2) is 6.88. The number of benzene rings is 1. The fraction of sp³-hybridized carbons (Fsp3) is 0.533. The van der Waals surface area contributed by atoms with Gasteiger partial charge in [0.1, 0.15) is 5.25 Å². The summed E-state index contributed by atoms with van der Waals surface area (Å²) in [5, 5.41) is 2.29. The van der Waals surface area contributed by atoms with Crippen molar-refractivity contribution in [2.24, 2.45) is 5.92 Å². The molecule has 0 heterocycles. The molecule has 3 N–H and O–H groups in total. The number of rotatable bonds is 5. The van der Waals surface area contributed by atoms with Gasteiger partial charge in [-0.25, -0.2) is 0 Å². The highest BCUT2D eigenvalue weighted by atomic mass is 32.2. The van der Waals surface area contributed by atoms with E-state index in [1.807, 2.05) is 0 Å². The van der Waals surface area contributed by atoms with Crippen LogP contribution in [0, 0.1) is 5.92 Å². The molecule has 1 fully saturated rings. The average molecular weight is 294 g/mol. The molecule has 5 heteroatoms. The van der Waals surface area contributed by atoms with Crippen LogP contribution in [0.15, 0.2) is 24.3 Å². The molecular formula is C15H22N2O2S. The van der Waals surface area contributed by atoms with Gasteiger partial charge in [-0.05, 0) is 43.9 Å². The topological polar surface area (TPSA) is 72.2 Å². The van der Waals surface area contributed by atoms with E-state index in [0.29, 0.717) is 23.0 Å². The summed E-state index contributed by atoms with van der Waals surface area (Å²) in [6.07, 6.45) is 4.75. The first-order valence-electron chi connectivity index (χ1n) is 7.10. The minimum atomic E-state index is -1.11. The molecule has 0 spiro atoms. The lowest BCUT2D eigenvalue weighted by atomic mass is 10.1. The van der Waals surface area contributed by atoms with Crippen LogP contribution in [0.4, 0.5) is 11.4 Å². The summed E-state index contributed by atoms with van der Waals surface area (Å²) in [7, 11) is -1.11. The van der Waals surface area contributed by atoms with Crippen LogP contribution in [0.25, 0.3) is 0 Å². The largest absolute Gasteiger partial charge is 0.399 e. The predicted molar refractivity (Wildman–Crippen MR) is 83.9 cm³/mol.